The Hall–Kier alpha value is -0.128. The monoisotopic (exact) mass is 144 g/mol. The van der Waals surface area contributed by atoms with Crippen molar-refractivity contribution in [3.05, 3.63) is 0 Å². The van der Waals surface area contributed by atoms with E-state index in [1.165, 1.54) is 6.92 Å². The molecule has 0 bridgehead atoms. The van der Waals surface area contributed by atoms with Crippen molar-refractivity contribution in [2.24, 2.45) is 0 Å². The molecule has 0 aliphatic rings. The molecule has 0 heterocycles. The van der Waals surface area contributed by atoms with Crippen LogP contribution in [0.25, 0.3) is 0 Å². The fourth-order valence-corrected chi connectivity index (χ4v) is 0.403. The Labute approximate surface area is 65.8 Å². The van der Waals surface area contributed by atoms with Gasteiger partial charge in [-0.15, -0.1) is 0 Å². The summed E-state index contributed by atoms with van der Waals surface area (Å²) in [7, 11) is 0. The van der Waals surface area contributed by atoms with Crippen LogP contribution in [0.1, 0.15) is 26.7 Å². The predicted molar refractivity (Wildman–Crippen MR) is 40.5 cm³/mol. The van der Waals surface area contributed by atoms with E-state index in [2.05, 4.69) is 0 Å². The lowest BCUT2D eigenvalue weighted by molar-refractivity contribution is -0.135. The molecule has 0 aliphatic carbocycles. The first-order chi connectivity index (χ1) is 3.68. The molecular formula is C6H13AlO2. The van der Waals surface area contributed by atoms with Crippen LogP contribution in [-0.4, -0.2) is 28.9 Å². The van der Waals surface area contributed by atoms with E-state index in [-0.39, 0.29) is 28.9 Å². The van der Waals surface area contributed by atoms with E-state index in [4.69, 9.17) is 0 Å². The number of ketones is 2. The summed E-state index contributed by atoms with van der Waals surface area (Å²) in [4.78, 5) is 20.6. The highest BCUT2D eigenvalue weighted by Crippen LogP contribution is 1.88. The van der Waals surface area contributed by atoms with E-state index in [1.54, 1.807) is 0 Å². The SMILES string of the molecule is CCCC(=O)C(C)=O.[AlH3]. The van der Waals surface area contributed by atoms with Crippen molar-refractivity contribution < 1.29 is 9.59 Å². The summed E-state index contributed by atoms with van der Waals surface area (Å²) >= 11 is 0. The van der Waals surface area contributed by atoms with Crippen LogP contribution < -0.4 is 0 Å². The predicted octanol–water partition coefficient (Wildman–Crippen LogP) is -0.239. The van der Waals surface area contributed by atoms with Crippen molar-refractivity contribution in [1.29, 1.82) is 0 Å². The van der Waals surface area contributed by atoms with E-state index in [1.807, 2.05) is 6.92 Å². The van der Waals surface area contributed by atoms with Gasteiger partial charge in [0.05, 0.1) is 0 Å². The standard InChI is InChI=1S/C6H10O2.Al.3H/c1-3-4-6(8)5(2)7;;;;/h3-4H2,1-2H3;;;;. The number of hydrogen-bond donors (Lipinski definition) is 0. The highest BCUT2D eigenvalue weighted by molar-refractivity contribution is 6.36. The van der Waals surface area contributed by atoms with Crippen molar-refractivity contribution in [1.82, 2.24) is 0 Å². The van der Waals surface area contributed by atoms with Gasteiger partial charge in [0.15, 0.2) is 28.9 Å². The molecule has 3 heteroatoms. The lowest BCUT2D eigenvalue weighted by atomic mass is 10.2. The van der Waals surface area contributed by atoms with Crippen LogP contribution in [0.4, 0.5) is 0 Å². The number of rotatable bonds is 3. The molecule has 0 aliphatic heterocycles. The smallest absolute Gasteiger partial charge is 0.198 e. The van der Waals surface area contributed by atoms with E-state index in [0.29, 0.717) is 6.42 Å². The van der Waals surface area contributed by atoms with E-state index < -0.39 is 0 Å². The lowest BCUT2D eigenvalue weighted by Gasteiger charge is -1.87. The molecule has 0 amide bonds. The summed E-state index contributed by atoms with van der Waals surface area (Å²) in [6, 6.07) is 0. The van der Waals surface area contributed by atoms with Gasteiger partial charge in [0, 0.05) is 13.3 Å². The second-order valence-corrected chi connectivity index (χ2v) is 1.73. The molecule has 0 spiro atoms. The summed E-state index contributed by atoms with van der Waals surface area (Å²) in [5, 5.41) is 0. The average molecular weight is 144 g/mol. The van der Waals surface area contributed by atoms with Gasteiger partial charge in [-0.3, -0.25) is 9.59 Å². The van der Waals surface area contributed by atoms with E-state index >= 15 is 0 Å². The second-order valence-electron chi connectivity index (χ2n) is 1.73. The Kier molecular flexibility index (Phi) is 7.76. The van der Waals surface area contributed by atoms with Gasteiger partial charge in [0.2, 0.25) is 0 Å². The normalized spacial score (nSPS) is 7.78. The number of Topliss-reactive ketones (excluding diaryl/α,β-unsaturated/α-hetero) is 2. The lowest BCUT2D eigenvalue weighted by Crippen LogP contribution is -2.07. The fraction of sp³-hybridized carbons (Fsp3) is 0.667. The van der Waals surface area contributed by atoms with Crippen LogP contribution in [-0.2, 0) is 9.59 Å². The third kappa shape index (κ3) is 5.75. The molecule has 9 heavy (non-hydrogen) atoms. The summed E-state index contributed by atoms with van der Waals surface area (Å²) in [5.41, 5.74) is 0. The number of carbonyl (C=O) groups excluding carboxylic acids is 2. The third-order valence-electron chi connectivity index (χ3n) is 0.870. The molecule has 0 unspecified atom stereocenters. The molecule has 0 aromatic heterocycles. The van der Waals surface area contributed by atoms with Gasteiger partial charge in [-0.05, 0) is 6.42 Å². The highest BCUT2D eigenvalue weighted by Gasteiger charge is 2.03. The van der Waals surface area contributed by atoms with Gasteiger partial charge in [0.1, 0.15) is 0 Å². The van der Waals surface area contributed by atoms with Gasteiger partial charge in [0.25, 0.3) is 0 Å². The second kappa shape index (κ2) is 6.00. The molecule has 0 saturated carbocycles. The molecule has 0 fully saturated rings. The van der Waals surface area contributed by atoms with Gasteiger partial charge in [-0.1, -0.05) is 6.92 Å². The van der Waals surface area contributed by atoms with Gasteiger partial charge in [-0.2, -0.15) is 0 Å². The van der Waals surface area contributed by atoms with E-state index in [0.717, 1.165) is 6.42 Å². The fourth-order valence-electron chi connectivity index (χ4n) is 0.403. The zero-order valence-corrected chi connectivity index (χ0v) is 5.23. The molecular weight excluding hydrogens is 131 g/mol. The van der Waals surface area contributed by atoms with Crippen LogP contribution >= 0.6 is 0 Å². The van der Waals surface area contributed by atoms with Gasteiger partial charge < -0.3 is 0 Å². The molecule has 2 nitrogen and oxygen atoms in total. The zero-order valence-electron chi connectivity index (χ0n) is 5.23. The molecule has 52 valence electrons. The Morgan fingerprint density at radius 2 is 1.78 bits per heavy atom. The molecule has 0 radical (unpaired) electrons. The van der Waals surface area contributed by atoms with Crippen LogP contribution in [0.15, 0.2) is 0 Å². The third-order valence-corrected chi connectivity index (χ3v) is 0.870. The minimum absolute atomic E-state index is 0. The van der Waals surface area contributed by atoms with Crippen molar-refractivity contribution in [2.45, 2.75) is 26.7 Å². The zero-order chi connectivity index (χ0) is 6.57. The van der Waals surface area contributed by atoms with Crippen LogP contribution in [0.2, 0.25) is 0 Å². The Bertz CT molecular complexity index is 110. The van der Waals surface area contributed by atoms with Crippen LogP contribution in [0, 0.1) is 0 Å². The molecule has 0 saturated heterocycles. The molecule has 0 aromatic carbocycles. The Morgan fingerprint density at radius 3 is 1.89 bits per heavy atom. The maximum atomic E-state index is 10.4. The van der Waals surface area contributed by atoms with Crippen molar-refractivity contribution >= 4 is 28.9 Å². The molecule has 0 N–H and O–H groups in total. The van der Waals surface area contributed by atoms with Gasteiger partial charge >= 0.3 is 0 Å². The van der Waals surface area contributed by atoms with Crippen molar-refractivity contribution in [3.8, 4) is 0 Å². The first kappa shape index (κ1) is 11.6. The summed E-state index contributed by atoms with van der Waals surface area (Å²) in [6.07, 6.45) is 1.16. The average Bonchev–Trinajstić information content (AvgIpc) is 1.67. The first-order valence-electron chi connectivity index (χ1n) is 2.72. The Balaban J connectivity index is 0. The summed E-state index contributed by atoms with van der Waals surface area (Å²) in [5.74, 6) is -0.584. The van der Waals surface area contributed by atoms with Crippen molar-refractivity contribution in [2.75, 3.05) is 0 Å². The minimum Gasteiger partial charge on any atom is -0.291 e. The highest BCUT2D eigenvalue weighted by atomic mass is 27.0. The molecule has 0 aromatic rings. The molecule has 0 atom stereocenters. The van der Waals surface area contributed by atoms with Gasteiger partial charge in [-0.25, -0.2) is 0 Å². The topological polar surface area (TPSA) is 34.1 Å². The van der Waals surface area contributed by atoms with Crippen LogP contribution in [0.3, 0.4) is 0 Å². The van der Waals surface area contributed by atoms with Crippen molar-refractivity contribution in [3.63, 3.8) is 0 Å². The summed E-state index contributed by atoms with van der Waals surface area (Å²) in [6.45, 7) is 3.18. The minimum atomic E-state index is -0.327. The quantitative estimate of drug-likeness (QED) is 0.404. The number of hydrogen-bond acceptors (Lipinski definition) is 2. The number of carbonyl (C=O) groups is 2. The first-order valence-corrected chi connectivity index (χ1v) is 2.72. The summed E-state index contributed by atoms with van der Waals surface area (Å²) < 4.78 is 0. The maximum absolute atomic E-state index is 10.4. The Morgan fingerprint density at radius 1 is 1.33 bits per heavy atom. The van der Waals surface area contributed by atoms with E-state index in [9.17, 15) is 9.59 Å². The molecule has 0 rings (SSSR count). The maximum Gasteiger partial charge on any atom is 0.198 e. The van der Waals surface area contributed by atoms with Crippen LogP contribution in [0.5, 0.6) is 0 Å². The largest absolute Gasteiger partial charge is 0.291 e.